The first kappa shape index (κ1) is 12.0. The number of aryl methyl sites for hydroxylation is 2. The highest BCUT2D eigenvalue weighted by molar-refractivity contribution is 7.09. The molecule has 0 unspecified atom stereocenters. The first-order valence-electron chi connectivity index (χ1n) is 5.62. The second-order valence-electron chi connectivity index (χ2n) is 3.98. The van der Waals surface area contributed by atoms with Gasteiger partial charge in [-0.25, -0.2) is 15.0 Å². The maximum absolute atomic E-state index is 4.43. The zero-order chi connectivity index (χ0) is 12.3. The van der Waals surface area contributed by atoms with Crippen molar-refractivity contribution >= 4 is 17.3 Å². The van der Waals surface area contributed by atoms with Crippen LogP contribution < -0.4 is 4.90 Å². The van der Waals surface area contributed by atoms with Crippen molar-refractivity contribution < 1.29 is 0 Å². The lowest BCUT2D eigenvalue weighted by Crippen LogP contribution is -2.19. The van der Waals surface area contributed by atoms with Gasteiger partial charge in [-0.1, -0.05) is 6.92 Å². The van der Waals surface area contributed by atoms with Gasteiger partial charge in [-0.05, 0) is 18.9 Å². The van der Waals surface area contributed by atoms with Crippen LogP contribution in [-0.4, -0.2) is 22.0 Å². The summed E-state index contributed by atoms with van der Waals surface area (Å²) in [4.78, 5) is 15.1. The molecule has 0 saturated heterocycles. The van der Waals surface area contributed by atoms with E-state index in [0.717, 1.165) is 35.2 Å². The van der Waals surface area contributed by atoms with Crippen LogP contribution in [0.4, 0.5) is 5.95 Å². The van der Waals surface area contributed by atoms with E-state index in [2.05, 4.69) is 27.3 Å². The molecule has 0 spiro atoms. The third-order valence-electron chi connectivity index (χ3n) is 2.48. The Morgan fingerprint density at radius 2 is 2.00 bits per heavy atom. The standard InChI is InChI=1S/C12H16N4S/c1-4-10-5-13-12(14-6-10)16(3)7-11-15-9(2)8-17-11/h5-6,8H,4,7H2,1-3H3. The summed E-state index contributed by atoms with van der Waals surface area (Å²) in [7, 11) is 1.98. The van der Waals surface area contributed by atoms with E-state index < -0.39 is 0 Å². The van der Waals surface area contributed by atoms with Gasteiger partial charge in [0.2, 0.25) is 5.95 Å². The average Bonchev–Trinajstić information content (AvgIpc) is 2.75. The molecule has 0 atom stereocenters. The van der Waals surface area contributed by atoms with Crippen molar-refractivity contribution in [1.82, 2.24) is 15.0 Å². The molecule has 0 aliphatic heterocycles. The molecule has 0 aliphatic carbocycles. The Kier molecular flexibility index (Phi) is 3.68. The predicted molar refractivity (Wildman–Crippen MR) is 70.4 cm³/mol. The first-order chi connectivity index (χ1) is 8.19. The van der Waals surface area contributed by atoms with Crippen LogP contribution in [0.1, 0.15) is 23.2 Å². The molecule has 0 N–H and O–H groups in total. The Bertz CT molecular complexity index is 478. The van der Waals surface area contributed by atoms with Gasteiger partial charge >= 0.3 is 0 Å². The van der Waals surface area contributed by atoms with Gasteiger partial charge in [-0.15, -0.1) is 11.3 Å². The molecule has 2 rings (SSSR count). The number of aromatic nitrogens is 3. The van der Waals surface area contributed by atoms with Crippen molar-refractivity contribution in [3.63, 3.8) is 0 Å². The summed E-state index contributed by atoms with van der Waals surface area (Å²) in [5.74, 6) is 0.745. The van der Waals surface area contributed by atoms with Crippen LogP contribution in [0.2, 0.25) is 0 Å². The van der Waals surface area contributed by atoms with Crippen LogP contribution in [0.15, 0.2) is 17.8 Å². The van der Waals surface area contributed by atoms with Gasteiger partial charge < -0.3 is 4.90 Å². The molecule has 0 radical (unpaired) electrons. The highest BCUT2D eigenvalue weighted by atomic mass is 32.1. The van der Waals surface area contributed by atoms with Crippen molar-refractivity contribution in [2.75, 3.05) is 11.9 Å². The molecule has 0 amide bonds. The van der Waals surface area contributed by atoms with Gasteiger partial charge in [0.25, 0.3) is 0 Å². The largest absolute Gasteiger partial charge is 0.337 e. The minimum atomic E-state index is 0.745. The molecule has 5 heteroatoms. The lowest BCUT2D eigenvalue weighted by molar-refractivity contribution is 0.849. The van der Waals surface area contributed by atoms with Crippen LogP contribution in [0.25, 0.3) is 0 Å². The van der Waals surface area contributed by atoms with Crippen molar-refractivity contribution in [2.45, 2.75) is 26.8 Å². The van der Waals surface area contributed by atoms with E-state index in [9.17, 15) is 0 Å². The van der Waals surface area contributed by atoms with E-state index in [0.29, 0.717) is 0 Å². The number of hydrogen-bond donors (Lipinski definition) is 0. The fraction of sp³-hybridized carbons (Fsp3) is 0.417. The van der Waals surface area contributed by atoms with Crippen molar-refractivity contribution in [2.24, 2.45) is 0 Å². The number of hydrogen-bond acceptors (Lipinski definition) is 5. The SMILES string of the molecule is CCc1cnc(N(C)Cc2nc(C)cs2)nc1. The van der Waals surface area contributed by atoms with E-state index in [1.54, 1.807) is 11.3 Å². The molecule has 4 nitrogen and oxygen atoms in total. The number of rotatable bonds is 4. The predicted octanol–water partition coefficient (Wildman–Crippen LogP) is 2.44. The molecule has 17 heavy (non-hydrogen) atoms. The Balaban J connectivity index is 2.06. The summed E-state index contributed by atoms with van der Waals surface area (Å²) in [6.45, 7) is 4.86. The van der Waals surface area contributed by atoms with Crippen LogP contribution in [0, 0.1) is 6.92 Å². The smallest absolute Gasteiger partial charge is 0.225 e. The molecular weight excluding hydrogens is 232 g/mol. The Hall–Kier alpha value is -1.49. The average molecular weight is 248 g/mol. The third kappa shape index (κ3) is 3.00. The lowest BCUT2D eigenvalue weighted by Gasteiger charge is -2.15. The maximum Gasteiger partial charge on any atom is 0.225 e. The summed E-state index contributed by atoms with van der Waals surface area (Å²) in [5, 5.41) is 3.15. The Morgan fingerprint density at radius 1 is 1.29 bits per heavy atom. The molecule has 0 aromatic carbocycles. The van der Waals surface area contributed by atoms with Gasteiger partial charge in [0.1, 0.15) is 5.01 Å². The van der Waals surface area contributed by atoms with E-state index in [-0.39, 0.29) is 0 Å². The molecule has 0 fully saturated rings. The quantitative estimate of drug-likeness (QED) is 0.833. The van der Waals surface area contributed by atoms with Crippen LogP contribution in [-0.2, 0) is 13.0 Å². The van der Waals surface area contributed by atoms with Crippen molar-refractivity contribution in [3.8, 4) is 0 Å². The van der Waals surface area contributed by atoms with E-state index >= 15 is 0 Å². The first-order valence-corrected chi connectivity index (χ1v) is 6.50. The summed E-state index contributed by atoms with van der Waals surface area (Å²) >= 11 is 1.67. The third-order valence-corrected chi connectivity index (χ3v) is 3.43. The van der Waals surface area contributed by atoms with Gasteiger partial charge in [0.15, 0.2) is 0 Å². The fourth-order valence-electron chi connectivity index (χ4n) is 1.48. The zero-order valence-corrected chi connectivity index (χ0v) is 11.2. The molecule has 2 aromatic heterocycles. The Morgan fingerprint density at radius 3 is 2.53 bits per heavy atom. The normalized spacial score (nSPS) is 10.5. The molecule has 0 aliphatic rings. The summed E-state index contributed by atoms with van der Waals surface area (Å²) in [5.41, 5.74) is 2.23. The van der Waals surface area contributed by atoms with Gasteiger partial charge in [0.05, 0.1) is 6.54 Å². The lowest BCUT2D eigenvalue weighted by atomic mass is 10.3. The topological polar surface area (TPSA) is 41.9 Å². The minimum Gasteiger partial charge on any atom is -0.337 e. The Labute approximate surface area is 105 Å². The summed E-state index contributed by atoms with van der Waals surface area (Å²) in [6.07, 6.45) is 4.73. The fourth-order valence-corrected chi connectivity index (χ4v) is 2.30. The molecular formula is C12H16N4S. The number of thiazole rings is 1. The van der Waals surface area contributed by atoms with E-state index in [1.807, 2.05) is 31.3 Å². The van der Waals surface area contributed by atoms with E-state index in [4.69, 9.17) is 0 Å². The van der Waals surface area contributed by atoms with Gasteiger partial charge in [0, 0.05) is 30.5 Å². The molecule has 2 aromatic rings. The van der Waals surface area contributed by atoms with Crippen LogP contribution >= 0.6 is 11.3 Å². The summed E-state index contributed by atoms with van der Waals surface area (Å²) in [6, 6.07) is 0. The molecule has 90 valence electrons. The van der Waals surface area contributed by atoms with Crippen molar-refractivity contribution in [1.29, 1.82) is 0 Å². The maximum atomic E-state index is 4.43. The highest BCUT2D eigenvalue weighted by Gasteiger charge is 2.07. The number of nitrogens with zero attached hydrogens (tertiary/aromatic N) is 4. The summed E-state index contributed by atoms with van der Waals surface area (Å²) < 4.78 is 0. The second kappa shape index (κ2) is 5.23. The van der Waals surface area contributed by atoms with Crippen LogP contribution in [0.3, 0.4) is 0 Å². The van der Waals surface area contributed by atoms with Crippen molar-refractivity contribution in [3.05, 3.63) is 34.0 Å². The minimum absolute atomic E-state index is 0.745. The zero-order valence-electron chi connectivity index (χ0n) is 10.3. The van der Waals surface area contributed by atoms with Crippen LogP contribution in [0.5, 0.6) is 0 Å². The number of anilines is 1. The van der Waals surface area contributed by atoms with Gasteiger partial charge in [-0.3, -0.25) is 0 Å². The molecule has 0 bridgehead atoms. The molecule has 0 saturated carbocycles. The van der Waals surface area contributed by atoms with E-state index in [1.165, 1.54) is 0 Å². The molecule has 2 heterocycles. The monoisotopic (exact) mass is 248 g/mol. The second-order valence-corrected chi connectivity index (χ2v) is 4.93. The highest BCUT2D eigenvalue weighted by Crippen LogP contribution is 2.14. The van der Waals surface area contributed by atoms with Gasteiger partial charge in [-0.2, -0.15) is 0 Å².